The fourth-order valence-electron chi connectivity index (χ4n) is 1.37. The lowest BCUT2D eigenvalue weighted by Gasteiger charge is -2.06. The fraction of sp³-hybridized carbons (Fsp3) is 0.538. The van der Waals surface area contributed by atoms with Crippen LogP contribution in [0.3, 0.4) is 0 Å². The lowest BCUT2D eigenvalue weighted by molar-refractivity contribution is 0.675. The molecule has 0 bridgehead atoms. The first-order valence-electron chi connectivity index (χ1n) is 5.68. The molecule has 0 aliphatic rings. The van der Waals surface area contributed by atoms with Crippen LogP contribution in [-0.2, 0) is 6.54 Å². The molecule has 1 aromatic carbocycles. The van der Waals surface area contributed by atoms with Crippen molar-refractivity contribution in [2.75, 3.05) is 6.54 Å². The van der Waals surface area contributed by atoms with Gasteiger partial charge in [-0.05, 0) is 30.7 Å². The summed E-state index contributed by atoms with van der Waals surface area (Å²) < 4.78 is 0. The highest BCUT2D eigenvalue weighted by atomic mass is 32.2. The predicted molar refractivity (Wildman–Crippen MR) is 69.4 cm³/mol. The Kier molecular flexibility index (Phi) is 5.81. The van der Waals surface area contributed by atoms with Crippen LogP contribution < -0.4 is 5.32 Å². The molecule has 0 saturated heterocycles. The highest BCUT2D eigenvalue weighted by Crippen LogP contribution is 2.22. The van der Waals surface area contributed by atoms with E-state index in [-0.39, 0.29) is 0 Å². The number of rotatable bonds is 6. The average molecular weight is 223 g/mol. The van der Waals surface area contributed by atoms with E-state index in [4.69, 9.17) is 0 Å². The summed E-state index contributed by atoms with van der Waals surface area (Å²) in [7, 11) is 0. The van der Waals surface area contributed by atoms with Crippen molar-refractivity contribution in [3.8, 4) is 0 Å². The van der Waals surface area contributed by atoms with Crippen molar-refractivity contribution in [1.29, 1.82) is 0 Å². The Bertz CT molecular complexity index is 266. The molecule has 0 unspecified atom stereocenters. The molecule has 0 heterocycles. The molecule has 0 fully saturated rings. The van der Waals surface area contributed by atoms with E-state index >= 15 is 0 Å². The molecule has 1 aromatic rings. The van der Waals surface area contributed by atoms with E-state index in [0.29, 0.717) is 5.25 Å². The molecular formula is C13H21NS. The summed E-state index contributed by atoms with van der Waals surface area (Å²) in [5.41, 5.74) is 1.37. The van der Waals surface area contributed by atoms with Crippen molar-refractivity contribution >= 4 is 11.8 Å². The van der Waals surface area contributed by atoms with Crippen LogP contribution in [-0.4, -0.2) is 11.8 Å². The van der Waals surface area contributed by atoms with Gasteiger partial charge in [0.25, 0.3) is 0 Å². The number of thioether (sulfide) groups is 1. The van der Waals surface area contributed by atoms with Crippen molar-refractivity contribution in [1.82, 2.24) is 5.32 Å². The SMILES string of the molecule is CCCNCc1ccc(SC(C)C)cc1. The Morgan fingerprint density at radius 1 is 1.20 bits per heavy atom. The molecule has 15 heavy (non-hydrogen) atoms. The molecule has 1 rings (SSSR count). The third-order valence-electron chi connectivity index (χ3n) is 2.05. The standard InChI is InChI=1S/C13H21NS/c1-4-9-14-10-12-5-7-13(8-6-12)15-11(2)3/h5-8,11,14H,4,9-10H2,1-3H3. The van der Waals surface area contributed by atoms with Crippen molar-refractivity contribution in [3.05, 3.63) is 29.8 Å². The third kappa shape index (κ3) is 5.24. The van der Waals surface area contributed by atoms with Crippen molar-refractivity contribution in [2.24, 2.45) is 0 Å². The van der Waals surface area contributed by atoms with Crippen LogP contribution in [0, 0.1) is 0 Å². The van der Waals surface area contributed by atoms with E-state index in [2.05, 4.69) is 50.4 Å². The van der Waals surface area contributed by atoms with Gasteiger partial charge in [-0.2, -0.15) is 0 Å². The summed E-state index contributed by atoms with van der Waals surface area (Å²) in [6, 6.07) is 8.86. The Hall–Kier alpha value is -0.470. The maximum Gasteiger partial charge on any atom is 0.0205 e. The molecule has 84 valence electrons. The summed E-state index contributed by atoms with van der Waals surface area (Å²) in [5.74, 6) is 0. The predicted octanol–water partition coefficient (Wildman–Crippen LogP) is 3.69. The zero-order chi connectivity index (χ0) is 11.1. The summed E-state index contributed by atoms with van der Waals surface area (Å²) in [4.78, 5) is 1.37. The number of nitrogens with one attached hydrogen (secondary N) is 1. The second-order valence-electron chi connectivity index (χ2n) is 3.99. The zero-order valence-electron chi connectivity index (χ0n) is 9.92. The first-order chi connectivity index (χ1) is 7.22. The van der Waals surface area contributed by atoms with Crippen LogP contribution in [0.15, 0.2) is 29.2 Å². The minimum Gasteiger partial charge on any atom is -0.313 e. The van der Waals surface area contributed by atoms with Gasteiger partial charge in [0.05, 0.1) is 0 Å². The van der Waals surface area contributed by atoms with Gasteiger partial charge in [0, 0.05) is 16.7 Å². The van der Waals surface area contributed by atoms with Gasteiger partial charge in [-0.1, -0.05) is 32.9 Å². The minimum atomic E-state index is 0.661. The second kappa shape index (κ2) is 6.91. The maximum atomic E-state index is 3.40. The molecule has 0 aromatic heterocycles. The molecule has 1 N–H and O–H groups in total. The van der Waals surface area contributed by atoms with Crippen LogP contribution in [0.5, 0.6) is 0 Å². The fourth-order valence-corrected chi connectivity index (χ4v) is 2.21. The van der Waals surface area contributed by atoms with E-state index in [1.54, 1.807) is 0 Å². The van der Waals surface area contributed by atoms with Crippen LogP contribution in [0.4, 0.5) is 0 Å². The lowest BCUT2D eigenvalue weighted by atomic mass is 10.2. The molecule has 0 saturated carbocycles. The van der Waals surface area contributed by atoms with Gasteiger partial charge in [0.2, 0.25) is 0 Å². The Morgan fingerprint density at radius 2 is 1.87 bits per heavy atom. The summed E-state index contributed by atoms with van der Waals surface area (Å²) in [5, 5.41) is 4.07. The van der Waals surface area contributed by atoms with Gasteiger partial charge in [-0.3, -0.25) is 0 Å². The largest absolute Gasteiger partial charge is 0.313 e. The Labute approximate surface area is 97.7 Å². The van der Waals surface area contributed by atoms with Crippen LogP contribution in [0.2, 0.25) is 0 Å². The smallest absolute Gasteiger partial charge is 0.0205 e. The molecule has 0 atom stereocenters. The van der Waals surface area contributed by atoms with E-state index in [9.17, 15) is 0 Å². The number of hydrogen-bond acceptors (Lipinski definition) is 2. The Balaban J connectivity index is 2.42. The second-order valence-corrected chi connectivity index (χ2v) is 5.64. The van der Waals surface area contributed by atoms with Gasteiger partial charge < -0.3 is 5.32 Å². The van der Waals surface area contributed by atoms with Gasteiger partial charge in [-0.15, -0.1) is 11.8 Å². The summed E-state index contributed by atoms with van der Waals surface area (Å²) in [6.07, 6.45) is 1.20. The van der Waals surface area contributed by atoms with Gasteiger partial charge in [-0.25, -0.2) is 0 Å². The number of hydrogen-bond donors (Lipinski definition) is 1. The Morgan fingerprint density at radius 3 is 2.40 bits per heavy atom. The highest BCUT2D eigenvalue weighted by Gasteiger charge is 1.98. The minimum absolute atomic E-state index is 0.661. The molecule has 0 amide bonds. The first kappa shape index (κ1) is 12.6. The summed E-state index contributed by atoms with van der Waals surface area (Å²) in [6.45, 7) is 8.72. The number of benzene rings is 1. The van der Waals surface area contributed by atoms with E-state index < -0.39 is 0 Å². The maximum absolute atomic E-state index is 3.40. The van der Waals surface area contributed by atoms with Gasteiger partial charge in [0.1, 0.15) is 0 Å². The van der Waals surface area contributed by atoms with Gasteiger partial charge in [0.15, 0.2) is 0 Å². The normalized spacial score (nSPS) is 10.9. The van der Waals surface area contributed by atoms with Crippen LogP contribution >= 0.6 is 11.8 Å². The van der Waals surface area contributed by atoms with E-state index in [0.717, 1.165) is 13.1 Å². The third-order valence-corrected chi connectivity index (χ3v) is 3.07. The molecule has 0 spiro atoms. The topological polar surface area (TPSA) is 12.0 Å². The van der Waals surface area contributed by atoms with Crippen LogP contribution in [0.1, 0.15) is 32.8 Å². The lowest BCUT2D eigenvalue weighted by Crippen LogP contribution is -2.13. The van der Waals surface area contributed by atoms with Crippen molar-refractivity contribution < 1.29 is 0 Å². The highest BCUT2D eigenvalue weighted by molar-refractivity contribution is 7.99. The summed E-state index contributed by atoms with van der Waals surface area (Å²) >= 11 is 1.92. The van der Waals surface area contributed by atoms with E-state index in [1.807, 2.05) is 11.8 Å². The molecule has 0 aliphatic heterocycles. The molecule has 0 aliphatic carbocycles. The quantitative estimate of drug-likeness (QED) is 0.583. The molecule has 1 nitrogen and oxygen atoms in total. The zero-order valence-corrected chi connectivity index (χ0v) is 10.7. The average Bonchev–Trinajstić information content (AvgIpc) is 2.20. The van der Waals surface area contributed by atoms with E-state index in [1.165, 1.54) is 16.9 Å². The monoisotopic (exact) mass is 223 g/mol. The molecule has 2 heteroatoms. The van der Waals surface area contributed by atoms with Crippen molar-refractivity contribution in [2.45, 2.75) is 43.9 Å². The van der Waals surface area contributed by atoms with Crippen LogP contribution in [0.25, 0.3) is 0 Å². The first-order valence-corrected chi connectivity index (χ1v) is 6.56. The van der Waals surface area contributed by atoms with Gasteiger partial charge >= 0.3 is 0 Å². The molecule has 0 radical (unpaired) electrons. The molecular weight excluding hydrogens is 202 g/mol. The van der Waals surface area contributed by atoms with Crippen molar-refractivity contribution in [3.63, 3.8) is 0 Å².